The molecule has 7 heteroatoms. The number of amides is 1. The van der Waals surface area contributed by atoms with Crippen molar-refractivity contribution >= 4 is 41.3 Å². The molecule has 0 aromatic heterocycles. The molecule has 0 unspecified atom stereocenters. The van der Waals surface area contributed by atoms with E-state index < -0.39 is 12.6 Å². The fourth-order valence-electron chi connectivity index (χ4n) is 3.01. The standard InChI is InChI=1S/C23H17NO5S/c25-13-16-9-11-17(12-10-16)28-15-23(27)29-14-22(26)24-18-5-1-3-7-20(18)30-21-8-4-2-6-19(21)24/h1-13H,14-15H2. The van der Waals surface area contributed by atoms with E-state index in [4.69, 9.17) is 9.47 Å². The number of aldehydes is 1. The Hall–Kier alpha value is -3.58. The van der Waals surface area contributed by atoms with Gasteiger partial charge in [0.1, 0.15) is 12.0 Å². The van der Waals surface area contributed by atoms with Crippen molar-refractivity contribution in [3.05, 3.63) is 78.4 Å². The lowest BCUT2D eigenvalue weighted by Crippen LogP contribution is -2.33. The number of benzene rings is 3. The molecular formula is C23H17NO5S. The summed E-state index contributed by atoms with van der Waals surface area (Å²) in [6.45, 7) is -0.740. The minimum atomic E-state index is -0.657. The third kappa shape index (κ3) is 4.21. The first-order chi connectivity index (χ1) is 14.7. The predicted molar refractivity (Wildman–Crippen MR) is 112 cm³/mol. The van der Waals surface area contributed by atoms with Gasteiger partial charge >= 0.3 is 5.97 Å². The van der Waals surface area contributed by atoms with Gasteiger partial charge in [-0.2, -0.15) is 0 Å². The highest BCUT2D eigenvalue weighted by Crippen LogP contribution is 2.47. The van der Waals surface area contributed by atoms with Crippen LogP contribution < -0.4 is 9.64 Å². The summed E-state index contributed by atoms with van der Waals surface area (Å²) in [7, 11) is 0. The van der Waals surface area contributed by atoms with Gasteiger partial charge < -0.3 is 9.47 Å². The Morgan fingerprint density at radius 2 is 1.43 bits per heavy atom. The lowest BCUT2D eigenvalue weighted by molar-refractivity contribution is -0.149. The number of esters is 1. The van der Waals surface area contributed by atoms with Gasteiger partial charge in [0, 0.05) is 15.4 Å². The minimum Gasteiger partial charge on any atom is -0.482 e. The molecule has 0 atom stereocenters. The number of anilines is 2. The molecule has 0 saturated heterocycles. The van der Waals surface area contributed by atoms with Crippen LogP contribution in [0.3, 0.4) is 0 Å². The summed E-state index contributed by atoms with van der Waals surface area (Å²) in [6.07, 6.45) is 0.721. The van der Waals surface area contributed by atoms with E-state index in [1.54, 1.807) is 40.9 Å². The van der Waals surface area contributed by atoms with Gasteiger partial charge in [0.25, 0.3) is 5.91 Å². The van der Waals surface area contributed by atoms with Crippen molar-refractivity contribution in [3.8, 4) is 5.75 Å². The maximum atomic E-state index is 12.9. The summed E-state index contributed by atoms with van der Waals surface area (Å²) in [4.78, 5) is 39.1. The fourth-order valence-corrected chi connectivity index (χ4v) is 4.06. The van der Waals surface area contributed by atoms with Crippen LogP contribution in [0.4, 0.5) is 11.4 Å². The van der Waals surface area contributed by atoms with E-state index in [0.717, 1.165) is 27.5 Å². The highest BCUT2D eigenvalue weighted by molar-refractivity contribution is 7.99. The Morgan fingerprint density at radius 1 is 0.833 bits per heavy atom. The van der Waals surface area contributed by atoms with Crippen LogP contribution in [0.15, 0.2) is 82.6 Å². The van der Waals surface area contributed by atoms with Crippen LogP contribution in [-0.2, 0) is 14.3 Å². The monoisotopic (exact) mass is 419 g/mol. The molecule has 4 rings (SSSR count). The summed E-state index contributed by atoms with van der Waals surface area (Å²) in [5.41, 5.74) is 2.03. The van der Waals surface area contributed by atoms with E-state index in [1.165, 1.54) is 0 Å². The highest BCUT2D eigenvalue weighted by atomic mass is 32.2. The van der Waals surface area contributed by atoms with Gasteiger partial charge in [0.2, 0.25) is 0 Å². The Kier molecular flexibility index (Phi) is 5.81. The second-order valence-electron chi connectivity index (χ2n) is 6.40. The molecule has 0 saturated carbocycles. The third-order valence-corrected chi connectivity index (χ3v) is 5.54. The summed E-state index contributed by atoms with van der Waals surface area (Å²) in [6, 6.07) is 21.5. The first-order valence-electron chi connectivity index (χ1n) is 9.18. The summed E-state index contributed by atoms with van der Waals surface area (Å²) >= 11 is 1.59. The summed E-state index contributed by atoms with van der Waals surface area (Å²) < 4.78 is 10.5. The van der Waals surface area contributed by atoms with E-state index in [-0.39, 0.29) is 12.5 Å². The number of hydrogen-bond donors (Lipinski definition) is 0. The van der Waals surface area contributed by atoms with Crippen LogP contribution in [-0.4, -0.2) is 31.4 Å². The molecule has 1 amide bonds. The van der Waals surface area contributed by atoms with Crippen LogP contribution in [0.1, 0.15) is 10.4 Å². The molecule has 6 nitrogen and oxygen atoms in total. The molecular weight excluding hydrogens is 402 g/mol. The van der Waals surface area contributed by atoms with E-state index in [0.29, 0.717) is 11.3 Å². The molecule has 3 aromatic rings. The van der Waals surface area contributed by atoms with Gasteiger partial charge in [0.05, 0.1) is 11.4 Å². The molecule has 30 heavy (non-hydrogen) atoms. The first-order valence-corrected chi connectivity index (χ1v) is 10.00. The van der Waals surface area contributed by atoms with Crippen molar-refractivity contribution in [1.82, 2.24) is 0 Å². The second kappa shape index (κ2) is 8.84. The molecule has 150 valence electrons. The SMILES string of the molecule is O=Cc1ccc(OCC(=O)OCC(=O)N2c3ccccc3Sc3ccccc32)cc1. The van der Waals surface area contributed by atoms with E-state index >= 15 is 0 Å². The van der Waals surface area contributed by atoms with Crippen LogP contribution in [0, 0.1) is 0 Å². The van der Waals surface area contributed by atoms with Crippen LogP contribution in [0.25, 0.3) is 0 Å². The normalized spacial score (nSPS) is 11.8. The van der Waals surface area contributed by atoms with E-state index in [9.17, 15) is 14.4 Å². The van der Waals surface area contributed by atoms with Gasteiger partial charge in [0.15, 0.2) is 13.2 Å². The maximum absolute atomic E-state index is 12.9. The number of hydrogen-bond acceptors (Lipinski definition) is 6. The molecule has 0 aliphatic carbocycles. The van der Waals surface area contributed by atoms with Crippen LogP contribution in [0.2, 0.25) is 0 Å². The van der Waals surface area contributed by atoms with Gasteiger partial charge in [-0.3, -0.25) is 14.5 Å². The molecule has 0 bridgehead atoms. The Bertz CT molecular complexity index is 1050. The fraction of sp³-hybridized carbons (Fsp3) is 0.0870. The largest absolute Gasteiger partial charge is 0.482 e. The maximum Gasteiger partial charge on any atom is 0.344 e. The summed E-state index contributed by atoms with van der Waals surface area (Å²) in [5.74, 6) is -0.575. The zero-order chi connectivity index (χ0) is 20.9. The third-order valence-electron chi connectivity index (χ3n) is 4.41. The van der Waals surface area contributed by atoms with Crippen molar-refractivity contribution in [2.45, 2.75) is 9.79 Å². The number of rotatable bonds is 6. The van der Waals surface area contributed by atoms with Gasteiger partial charge in [-0.25, -0.2) is 4.79 Å². The Morgan fingerprint density at radius 3 is 2.03 bits per heavy atom. The van der Waals surface area contributed by atoms with E-state index in [1.807, 2.05) is 48.5 Å². The van der Waals surface area contributed by atoms with Crippen molar-refractivity contribution in [1.29, 1.82) is 0 Å². The van der Waals surface area contributed by atoms with Crippen molar-refractivity contribution in [3.63, 3.8) is 0 Å². The number of nitrogens with zero attached hydrogens (tertiary/aromatic N) is 1. The minimum absolute atomic E-state index is 0.337. The first kappa shape index (κ1) is 19.7. The number of carbonyl (C=O) groups is 3. The smallest absolute Gasteiger partial charge is 0.344 e. The highest BCUT2D eigenvalue weighted by Gasteiger charge is 2.28. The molecule has 0 spiro atoms. The average Bonchev–Trinajstić information content (AvgIpc) is 2.79. The lowest BCUT2D eigenvalue weighted by Gasteiger charge is -2.30. The Balaban J connectivity index is 1.40. The predicted octanol–water partition coefficient (Wildman–Crippen LogP) is 4.25. The van der Waals surface area contributed by atoms with Gasteiger partial charge in [-0.1, -0.05) is 36.0 Å². The molecule has 0 fully saturated rings. The van der Waals surface area contributed by atoms with E-state index in [2.05, 4.69) is 0 Å². The van der Waals surface area contributed by atoms with Gasteiger partial charge in [-0.05, 0) is 48.5 Å². The second-order valence-corrected chi connectivity index (χ2v) is 7.49. The topological polar surface area (TPSA) is 72.9 Å². The van der Waals surface area contributed by atoms with Crippen molar-refractivity contribution < 1.29 is 23.9 Å². The number of para-hydroxylation sites is 2. The molecule has 1 aliphatic rings. The van der Waals surface area contributed by atoms with Gasteiger partial charge in [-0.15, -0.1) is 0 Å². The molecule has 1 aliphatic heterocycles. The quantitative estimate of drug-likeness (QED) is 0.439. The Labute approximate surface area is 177 Å². The molecule has 1 heterocycles. The molecule has 3 aromatic carbocycles. The lowest BCUT2D eigenvalue weighted by atomic mass is 10.2. The molecule has 0 N–H and O–H groups in total. The zero-order valence-corrected chi connectivity index (χ0v) is 16.6. The van der Waals surface area contributed by atoms with Crippen LogP contribution >= 0.6 is 11.8 Å². The van der Waals surface area contributed by atoms with Crippen molar-refractivity contribution in [2.75, 3.05) is 18.1 Å². The number of carbonyl (C=O) groups excluding carboxylic acids is 3. The average molecular weight is 419 g/mol. The van der Waals surface area contributed by atoms with Crippen molar-refractivity contribution in [2.24, 2.45) is 0 Å². The molecule has 0 radical (unpaired) electrons. The van der Waals surface area contributed by atoms with Crippen LogP contribution in [0.5, 0.6) is 5.75 Å². The zero-order valence-electron chi connectivity index (χ0n) is 15.8. The summed E-state index contributed by atoms with van der Waals surface area (Å²) in [5, 5.41) is 0. The number of fused-ring (bicyclic) bond motifs is 2. The number of ether oxygens (including phenoxy) is 2.